The maximum Gasteiger partial charge on any atom is 0.252 e. The highest BCUT2D eigenvalue weighted by Gasteiger charge is 2.46. The Morgan fingerprint density at radius 1 is 0.234 bits per heavy atom. The molecule has 5 nitrogen and oxygen atoms in total. The highest BCUT2D eigenvalue weighted by molar-refractivity contribution is 7.00. The van der Waals surface area contributed by atoms with Gasteiger partial charge in [0.05, 0.1) is 28.1 Å². The van der Waals surface area contributed by atoms with Crippen LogP contribution in [0, 0.1) is 0 Å². The minimum atomic E-state index is -0.313. The number of hydrogen-bond acceptors (Lipinski definition) is 4. The fourth-order valence-corrected chi connectivity index (χ4v) is 15.1. The molecule has 0 radical (unpaired) electrons. The van der Waals surface area contributed by atoms with Gasteiger partial charge in [0.15, 0.2) is 0 Å². The van der Waals surface area contributed by atoms with E-state index >= 15 is 0 Å². The van der Waals surface area contributed by atoms with Gasteiger partial charge in [-0.2, -0.15) is 0 Å². The first-order valence-corrected chi connectivity index (χ1v) is 32.2. The van der Waals surface area contributed by atoms with Crippen molar-refractivity contribution >= 4 is 79.0 Å². The van der Waals surface area contributed by atoms with E-state index in [-0.39, 0.29) is 6.71 Å². The minimum absolute atomic E-state index is 0.313. The van der Waals surface area contributed by atoms with Crippen LogP contribution in [0.15, 0.2) is 352 Å². The molecule has 2 aliphatic rings. The Morgan fingerprint density at radius 2 is 0.521 bits per heavy atom. The standard InChI is InChI=1S/C88H58BN5/c1-7-27-59(28-8-1)68-39-19-21-41-70(68)65-47-49-82-78(51-65)89-79-52-66(71-42-22-20-40-69(71)60-29-9-2-10-30-60)48-50-83(79)94(88-76(63-35-15-5-16-36-63)57-91-58-77(88)64-37-17-6-18-38-64)85-54-67(92-80-45-25-23-43-72(80)73-44-24-26-46-81(73)92)53-84(86(85)89)93(82)87-74(61-31-11-3-12-32-61)55-90-56-75(87)62-33-13-4-14-34-62/h1-58H. The molecule has 0 spiro atoms. The number of fused-ring (bicyclic) bond motifs is 7. The first-order chi connectivity index (χ1) is 46.7. The van der Waals surface area contributed by atoms with Gasteiger partial charge in [0.1, 0.15) is 0 Å². The second-order valence-corrected chi connectivity index (χ2v) is 24.4. The number of rotatable bonds is 11. The third-order valence-corrected chi connectivity index (χ3v) is 19.2. The first kappa shape index (κ1) is 54.5. The smallest absolute Gasteiger partial charge is 0.252 e. The van der Waals surface area contributed by atoms with Crippen molar-refractivity contribution in [1.29, 1.82) is 0 Å². The summed E-state index contributed by atoms with van der Waals surface area (Å²) in [6.45, 7) is -0.313. The van der Waals surface area contributed by atoms with Crippen LogP contribution in [0.2, 0.25) is 0 Å². The number of nitrogens with zero attached hydrogens (tertiary/aromatic N) is 5. The van der Waals surface area contributed by atoms with E-state index in [1.54, 1.807) is 0 Å². The van der Waals surface area contributed by atoms with E-state index in [1.807, 2.05) is 0 Å². The molecule has 0 saturated carbocycles. The summed E-state index contributed by atoms with van der Waals surface area (Å²) in [6.07, 6.45) is 8.29. The van der Waals surface area contributed by atoms with Gasteiger partial charge in [-0.15, -0.1) is 0 Å². The molecule has 6 heteroatoms. The van der Waals surface area contributed by atoms with Crippen molar-refractivity contribution in [1.82, 2.24) is 14.5 Å². The summed E-state index contributed by atoms with van der Waals surface area (Å²) >= 11 is 0. The van der Waals surface area contributed by atoms with Crippen molar-refractivity contribution in [2.45, 2.75) is 0 Å². The number of pyridine rings is 2. The summed E-state index contributed by atoms with van der Waals surface area (Å²) in [7, 11) is 0. The van der Waals surface area contributed by atoms with Gasteiger partial charge < -0.3 is 14.4 Å². The van der Waals surface area contributed by atoms with Crippen LogP contribution in [-0.4, -0.2) is 21.2 Å². The summed E-state index contributed by atoms with van der Waals surface area (Å²) in [4.78, 5) is 15.6. The molecule has 0 amide bonds. The predicted octanol–water partition coefficient (Wildman–Crippen LogP) is 21.0. The van der Waals surface area contributed by atoms with Crippen LogP contribution in [-0.2, 0) is 0 Å². The molecule has 0 unspecified atom stereocenters. The lowest BCUT2D eigenvalue weighted by atomic mass is 9.33. The van der Waals surface area contributed by atoms with Gasteiger partial charge in [0, 0.05) is 80.6 Å². The molecule has 0 N–H and O–H groups in total. The minimum Gasteiger partial charge on any atom is -0.310 e. The average molecular weight is 1200 g/mol. The van der Waals surface area contributed by atoms with Gasteiger partial charge in [-0.1, -0.05) is 291 Å². The predicted molar refractivity (Wildman–Crippen MR) is 394 cm³/mol. The molecule has 13 aromatic carbocycles. The molecule has 0 saturated heterocycles. The van der Waals surface area contributed by atoms with Gasteiger partial charge in [-0.25, -0.2) is 0 Å². The molecule has 0 aliphatic carbocycles. The number of para-hydroxylation sites is 2. The Labute approximate surface area is 547 Å². The molecule has 16 aromatic rings. The SMILES string of the molecule is c1ccc(-c2ccccc2-c2ccc3c(c2)B2c4cc(-c5ccccc5-c5ccccc5)ccc4N(c4c(-c5ccccc5)cncc4-c4ccccc4)c4cc(-n5c6ccccc6c6ccccc65)cc(c42)N3c2c(-c3ccccc3)cncc2-c2ccccc2)cc1. The number of aromatic nitrogens is 3. The molecule has 3 aromatic heterocycles. The quantitative estimate of drug-likeness (QED) is 0.121. The number of anilines is 6. The van der Waals surface area contributed by atoms with Crippen LogP contribution in [0.25, 0.3) is 117 Å². The summed E-state index contributed by atoms with van der Waals surface area (Å²) in [6, 6.07) is 120. The van der Waals surface area contributed by atoms with Crippen LogP contribution in [0.1, 0.15) is 0 Å². The van der Waals surface area contributed by atoms with Gasteiger partial charge >= 0.3 is 0 Å². The Morgan fingerprint density at radius 3 is 0.862 bits per heavy atom. The van der Waals surface area contributed by atoms with Crippen LogP contribution in [0.3, 0.4) is 0 Å². The fraction of sp³-hybridized carbons (Fsp3) is 0. The van der Waals surface area contributed by atoms with Crippen LogP contribution in [0.4, 0.5) is 34.1 Å². The van der Waals surface area contributed by atoms with Gasteiger partial charge in [-0.05, 0) is 120 Å². The van der Waals surface area contributed by atoms with Gasteiger partial charge in [-0.3, -0.25) is 9.97 Å². The second-order valence-electron chi connectivity index (χ2n) is 24.4. The van der Waals surface area contributed by atoms with Crippen molar-refractivity contribution in [2.75, 3.05) is 9.80 Å². The van der Waals surface area contributed by atoms with Crippen molar-refractivity contribution < 1.29 is 0 Å². The summed E-state index contributed by atoms with van der Waals surface area (Å²) in [5.74, 6) is 0. The van der Waals surface area contributed by atoms with E-state index in [1.165, 1.54) is 49.4 Å². The molecule has 94 heavy (non-hydrogen) atoms. The molecular formula is C88H58BN5. The van der Waals surface area contributed by atoms with Gasteiger partial charge in [0.25, 0.3) is 6.71 Å². The molecule has 18 rings (SSSR count). The molecule has 2 aliphatic heterocycles. The zero-order chi connectivity index (χ0) is 62.1. The Balaban J connectivity index is 1.04. The molecule has 0 atom stereocenters. The van der Waals surface area contributed by atoms with Crippen molar-refractivity contribution in [3.63, 3.8) is 0 Å². The van der Waals surface area contributed by atoms with E-state index in [4.69, 9.17) is 9.97 Å². The van der Waals surface area contributed by atoms with Crippen molar-refractivity contribution in [2.24, 2.45) is 0 Å². The molecular weight excluding hydrogens is 1140 g/mol. The molecule has 0 fully saturated rings. The number of hydrogen-bond donors (Lipinski definition) is 0. The fourth-order valence-electron chi connectivity index (χ4n) is 15.1. The highest BCUT2D eigenvalue weighted by atomic mass is 15.2. The second kappa shape index (κ2) is 22.8. The van der Waals surface area contributed by atoms with Crippen molar-refractivity contribution in [3.8, 4) is 94.7 Å². The lowest BCUT2D eigenvalue weighted by Gasteiger charge is -2.46. The lowest BCUT2D eigenvalue weighted by molar-refractivity contribution is 1.16. The maximum atomic E-state index is 5.16. The Bertz CT molecular complexity index is 5110. The van der Waals surface area contributed by atoms with Crippen molar-refractivity contribution in [3.05, 3.63) is 352 Å². The third-order valence-electron chi connectivity index (χ3n) is 19.2. The third kappa shape index (κ3) is 9.02. The summed E-state index contributed by atoms with van der Waals surface area (Å²) in [5, 5.41) is 2.38. The van der Waals surface area contributed by atoms with Gasteiger partial charge in [0.2, 0.25) is 0 Å². The van der Waals surface area contributed by atoms with E-state index in [9.17, 15) is 0 Å². The van der Waals surface area contributed by atoms with E-state index in [0.717, 1.165) is 118 Å². The highest BCUT2D eigenvalue weighted by Crippen LogP contribution is 2.54. The normalized spacial score (nSPS) is 12.2. The monoisotopic (exact) mass is 1200 g/mol. The Hall–Kier alpha value is -12.4. The summed E-state index contributed by atoms with van der Waals surface area (Å²) < 4.78 is 2.50. The number of benzene rings is 13. The zero-order valence-electron chi connectivity index (χ0n) is 51.3. The molecule has 438 valence electrons. The molecule has 5 heterocycles. The van der Waals surface area contributed by atoms with Crippen LogP contribution >= 0.6 is 0 Å². The van der Waals surface area contributed by atoms with E-state index < -0.39 is 0 Å². The zero-order valence-corrected chi connectivity index (χ0v) is 51.3. The maximum absolute atomic E-state index is 5.16. The summed E-state index contributed by atoms with van der Waals surface area (Å²) in [5.41, 5.74) is 30.8. The molecule has 0 bridgehead atoms. The van der Waals surface area contributed by atoms with E-state index in [0.29, 0.717) is 0 Å². The van der Waals surface area contributed by atoms with E-state index in [2.05, 4.69) is 367 Å². The van der Waals surface area contributed by atoms with Crippen LogP contribution < -0.4 is 26.2 Å². The Kier molecular flexibility index (Phi) is 13.3. The average Bonchev–Trinajstić information content (AvgIpc) is 0.757. The van der Waals surface area contributed by atoms with Crippen LogP contribution in [0.5, 0.6) is 0 Å². The first-order valence-electron chi connectivity index (χ1n) is 32.2. The largest absolute Gasteiger partial charge is 0.310 e. The topological polar surface area (TPSA) is 37.2 Å². The lowest BCUT2D eigenvalue weighted by Crippen LogP contribution is -2.61.